The molecular weight excluding hydrogens is 1030 g/mol. The highest BCUT2D eigenvalue weighted by Gasteiger charge is 2.25. The van der Waals surface area contributed by atoms with Crippen LogP contribution in [0.4, 0.5) is 0 Å². The van der Waals surface area contributed by atoms with Gasteiger partial charge in [-0.1, -0.05) is 263 Å². The van der Waals surface area contributed by atoms with Crippen molar-refractivity contribution in [2.75, 3.05) is 47.5 Å². The summed E-state index contributed by atoms with van der Waals surface area (Å²) in [4.78, 5) is 37.5. The predicted octanol–water partition coefficient (Wildman–Crippen LogP) is 20.6. The lowest BCUT2D eigenvalue weighted by atomic mass is 10.0. The Morgan fingerprint density at radius 2 is 0.687 bits per heavy atom. The topological polar surface area (TPSA) is 108 Å². The third kappa shape index (κ3) is 64.8. The van der Waals surface area contributed by atoms with E-state index in [1.165, 1.54) is 109 Å². The molecule has 9 nitrogen and oxygen atoms in total. The molecule has 0 spiro atoms. The molecule has 0 heterocycles. The highest BCUT2D eigenvalue weighted by Crippen LogP contribution is 2.15. The summed E-state index contributed by atoms with van der Waals surface area (Å²) in [5.74, 6) is -2.02. The number of unbranched alkanes of at least 4 members (excludes halogenated alkanes) is 23. The summed E-state index contributed by atoms with van der Waals surface area (Å²) in [7, 11) is 5.96. The zero-order chi connectivity index (χ0) is 60.5. The maximum atomic E-state index is 12.9. The Morgan fingerprint density at radius 1 is 0.373 bits per heavy atom. The molecule has 0 amide bonds. The fourth-order valence-electron chi connectivity index (χ4n) is 8.80. The van der Waals surface area contributed by atoms with Crippen molar-refractivity contribution in [2.24, 2.45) is 0 Å². The Morgan fingerprint density at radius 3 is 1.04 bits per heavy atom. The number of nitrogens with zero attached hydrogens (tertiary/aromatic N) is 1. The van der Waals surface area contributed by atoms with Crippen LogP contribution >= 0.6 is 0 Å². The summed E-state index contributed by atoms with van der Waals surface area (Å²) in [5.41, 5.74) is 0. The van der Waals surface area contributed by atoms with Gasteiger partial charge in [0.2, 0.25) is 0 Å². The van der Waals surface area contributed by atoms with Crippen LogP contribution in [0.25, 0.3) is 0 Å². The van der Waals surface area contributed by atoms with Crippen molar-refractivity contribution in [1.29, 1.82) is 0 Å². The van der Waals surface area contributed by atoms with E-state index >= 15 is 0 Å². The largest absolute Gasteiger partial charge is 0.477 e. The van der Waals surface area contributed by atoms with E-state index < -0.39 is 24.3 Å². The van der Waals surface area contributed by atoms with Crippen LogP contribution in [0, 0.1) is 0 Å². The van der Waals surface area contributed by atoms with Crippen LogP contribution in [0.1, 0.15) is 258 Å². The van der Waals surface area contributed by atoms with Gasteiger partial charge < -0.3 is 28.5 Å². The van der Waals surface area contributed by atoms with Crippen LogP contribution in [0.3, 0.4) is 0 Å². The molecule has 0 fully saturated rings. The second-order valence-corrected chi connectivity index (χ2v) is 23.0. The lowest BCUT2D eigenvalue weighted by Gasteiger charge is -2.25. The first-order valence-electron chi connectivity index (χ1n) is 33.3. The summed E-state index contributed by atoms with van der Waals surface area (Å²) in [6.45, 7) is 4.75. The summed E-state index contributed by atoms with van der Waals surface area (Å²) in [5, 5.41) is 9.72. The van der Waals surface area contributed by atoms with Gasteiger partial charge in [-0.05, 0) is 116 Å². The van der Waals surface area contributed by atoms with E-state index in [4.69, 9.17) is 18.9 Å². The summed E-state index contributed by atoms with van der Waals surface area (Å²) >= 11 is 0. The molecule has 0 radical (unpaired) electrons. The molecule has 0 aromatic carbocycles. The quantitative estimate of drug-likeness (QED) is 0.0211. The molecule has 0 saturated heterocycles. The molecule has 0 bridgehead atoms. The number of ether oxygens (including phenoxy) is 4. The van der Waals surface area contributed by atoms with Crippen molar-refractivity contribution < 1.29 is 42.9 Å². The number of carboxylic acid groups (broad SMARTS) is 1. The van der Waals surface area contributed by atoms with Gasteiger partial charge in [0, 0.05) is 12.8 Å². The first-order chi connectivity index (χ1) is 40.6. The first kappa shape index (κ1) is 78.4. The zero-order valence-corrected chi connectivity index (χ0v) is 53.8. The van der Waals surface area contributed by atoms with E-state index in [1.54, 1.807) is 0 Å². The van der Waals surface area contributed by atoms with Gasteiger partial charge >= 0.3 is 17.9 Å². The van der Waals surface area contributed by atoms with Crippen LogP contribution in [0.2, 0.25) is 0 Å². The van der Waals surface area contributed by atoms with E-state index in [-0.39, 0.29) is 32.2 Å². The summed E-state index contributed by atoms with van der Waals surface area (Å²) in [6.07, 6.45) is 88.3. The molecule has 2 atom stereocenters. The highest BCUT2D eigenvalue weighted by atomic mass is 16.7. The van der Waals surface area contributed by atoms with Crippen LogP contribution < -0.4 is 0 Å². The Bertz CT molecular complexity index is 1820. The number of esters is 2. The number of aliphatic carboxylic acids is 1. The fraction of sp³-hybridized carbons (Fsp3) is 0.662. The number of hydrogen-bond acceptors (Lipinski definition) is 7. The monoisotopic (exact) mass is 1150 g/mol. The summed E-state index contributed by atoms with van der Waals surface area (Å²) in [6, 6.07) is 0. The van der Waals surface area contributed by atoms with E-state index in [0.717, 1.165) is 116 Å². The minimum Gasteiger partial charge on any atom is -0.477 e. The molecule has 0 aliphatic rings. The minimum absolute atomic E-state index is 0.181. The lowest BCUT2D eigenvalue weighted by Crippen LogP contribution is -2.40. The van der Waals surface area contributed by atoms with E-state index in [2.05, 4.69) is 148 Å². The molecule has 0 saturated carbocycles. The maximum Gasteiger partial charge on any atom is 0.361 e. The predicted molar refractivity (Wildman–Crippen MR) is 354 cm³/mol. The van der Waals surface area contributed by atoms with Crippen molar-refractivity contribution in [3.05, 3.63) is 134 Å². The number of hydrogen-bond donors (Lipinski definition) is 1. The second-order valence-electron chi connectivity index (χ2n) is 23.0. The maximum absolute atomic E-state index is 12.9. The van der Waals surface area contributed by atoms with Gasteiger partial charge in [0.1, 0.15) is 13.2 Å². The van der Waals surface area contributed by atoms with Gasteiger partial charge in [-0.15, -0.1) is 0 Å². The number of carboxylic acids is 1. The number of rotatable bonds is 60. The van der Waals surface area contributed by atoms with Crippen molar-refractivity contribution in [3.8, 4) is 0 Å². The minimum atomic E-state index is -1.52. The van der Waals surface area contributed by atoms with Crippen LogP contribution in [-0.4, -0.2) is 87.4 Å². The van der Waals surface area contributed by atoms with Gasteiger partial charge in [0.25, 0.3) is 6.29 Å². The van der Waals surface area contributed by atoms with Gasteiger partial charge in [-0.25, -0.2) is 4.79 Å². The number of carbonyl (C=O) groups excluding carboxylic acids is 2. The standard InChI is InChI=1S/C74H123NO8/c1-6-8-10-12-14-16-18-20-22-24-25-26-27-28-29-30-31-32-33-34-35-36-37-38-39-40-41-42-43-44-45-46-47-49-51-53-55-57-59-61-63-65-72(77)83-70(69-82-74(73(78)79)80-67-66-75(3,4)5)68-81-71(76)64-62-60-58-56-54-52-50-48-23-21-19-17-15-13-11-9-7-2/h8,10,14,16,20-23,25-26,28-29,31-32,34-35,37-38,40-41,43-44,70,74H,6-7,9,11-13,15,17-19,24,27,30,33,36,39,42,45-69H2,1-5H3/p+1/b10-8-,16-14-,22-20-,23-21-,26-25-,29-28-,32-31-,35-34-,38-37-,41-40-,44-43-. The molecule has 83 heavy (non-hydrogen) atoms. The molecule has 2 unspecified atom stereocenters. The van der Waals surface area contributed by atoms with E-state index in [0.29, 0.717) is 23.9 Å². The molecule has 0 rings (SSSR count). The number of allylic oxidation sites excluding steroid dienone is 22. The first-order valence-corrected chi connectivity index (χ1v) is 33.3. The Balaban J connectivity index is 4.14. The fourth-order valence-corrected chi connectivity index (χ4v) is 8.80. The van der Waals surface area contributed by atoms with Gasteiger partial charge in [0.15, 0.2) is 6.10 Å². The molecule has 1 N–H and O–H groups in total. The Hall–Kier alpha value is -4.57. The van der Waals surface area contributed by atoms with Crippen LogP contribution in [0.15, 0.2) is 134 Å². The highest BCUT2D eigenvalue weighted by molar-refractivity contribution is 5.71. The molecule has 0 aliphatic carbocycles. The zero-order valence-electron chi connectivity index (χ0n) is 53.8. The van der Waals surface area contributed by atoms with Gasteiger partial charge in [-0.3, -0.25) is 9.59 Å². The molecule has 472 valence electrons. The van der Waals surface area contributed by atoms with Crippen molar-refractivity contribution >= 4 is 17.9 Å². The Kier molecular flexibility index (Phi) is 60.0. The second kappa shape index (κ2) is 63.5. The molecule has 9 heteroatoms. The molecule has 0 aromatic heterocycles. The average molecular weight is 1160 g/mol. The average Bonchev–Trinajstić information content (AvgIpc) is 3.46. The lowest BCUT2D eigenvalue weighted by molar-refractivity contribution is -0.870. The molecule has 0 aromatic rings. The third-order valence-electron chi connectivity index (χ3n) is 13.9. The molecular formula is C74H124NO8+. The smallest absolute Gasteiger partial charge is 0.361 e. The molecule has 0 aliphatic heterocycles. The van der Waals surface area contributed by atoms with E-state index in [9.17, 15) is 19.5 Å². The van der Waals surface area contributed by atoms with Crippen LogP contribution in [-0.2, 0) is 33.3 Å². The van der Waals surface area contributed by atoms with E-state index in [1.807, 2.05) is 21.1 Å². The van der Waals surface area contributed by atoms with Crippen LogP contribution in [0.5, 0.6) is 0 Å². The Labute approximate surface area is 509 Å². The number of likely N-dealkylation sites (N-methyl/N-ethyl adjacent to an activating group) is 1. The van der Waals surface area contributed by atoms with Crippen molar-refractivity contribution in [2.45, 2.75) is 270 Å². The van der Waals surface area contributed by atoms with Crippen molar-refractivity contribution in [1.82, 2.24) is 0 Å². The number of quaternary nitrogens is 1. The third-order valence-corrected chi connectivity index (χ3v) is 13.9. The van der Waals surface area contributed by atoms with Crippen molar-refractivity contribution in [3.63, 3.8) is 0 Å². The SMILES string of the molecule is CC/C=C\C/C=C\C/C=C\C/C=C\C/C=C\C/C=C\C/C=C\C/C=C\C/C=C\C/C=C\CCCCCCCCCCCCC(=O)OC(COC(=O)CCCCCCCCC/C=C\CCCCCCCC)COC(OCC[N+](C)(C)C)C(=O)O. The number of carbonyl (C=O) groups is 3. The summed E-state index contributed by atoms with van der Waals surface area (Å²) < 4.78 is 22.9. The normalized spacial score (nSPS) is 13.6. The van der Waals surface area contributed by atoms with Gasteiger partial charge in [-0.2, -0.15) is 0 Å². The van der Waals surface area contributed by atoms with Gasteiger partial charge in [0.05, 0.1) is 34.4 Å².